The number of phenols is 1. The molecule has 0 heterocycles. The van der Waals surface area contributed by atoms with Gasteiger partial charge in [-0.1, -0.05) is 12.1 Å². The fraction of sp³-hybridized carbons (Fsp3) is 0.421. The summed E-state index contributed by atoms with van der Waals surface area (Å²) in [5.74, 6) is -4.62. The fourth-order valence-electron chi connectivity index (χ4n) is 2.52. The number of carbonyl (C=O) groups excluding carboxylic acids is 4. The maximum absolute atomic E-state index is 12.6. The highest BCUT2D eigenvalue weighted by atomic mass is 32.1. The monoisotopic (exact) mass is 469 g/mol. The van der Waals surface area contributed by atoms with Crippen molar-refractivity contribution < 1.29 is 34.2 Å². The number of nitrogens with one attached hydrogen (secondary N) is 3. The van der Waals surface area contributed by atoms with Crippen molar-refractivity contribution in [2.24, 2.45) is 11.5 Å². The van der Waals surface area contributed by atoms with Crippen LogP contribution in [0.4, 0.5) is 0 Å². The second-order valence-electron chi connectivity index (χ2n) is 7.02. The molecule has 13 heteroatoms. The van der Waals surface area contributed by atoms with Gasteiger partial charge < -0.3 is 37.6 Å². The molecular formula is C19H27N5O7S. The Bertz CT molecular complexity index is 849. The molecule has 0 aliphatic rings. The van der Waals surface area contributed by atoms with Crippen LogP contribution in [0.5, 0.6) is 5.75 Å². The third kappa shape index (κ3) is 8.81. The minimum Gasteiger partial charge on any atom is -0.508 e. The number of phenolic OH excluding ortho intramolecular Hbond substituents is 1. The first-order chi connectivity index (χ1) is 14.9. The third-order valence-electron chi connectivity index (χ3n) is 4.31. The summed E-state index contributed by atoms with van der Waals surface area (Å²) in [5, 5.41) is 25.6. The molecule has 0 aliphatic carbocycles. The lowest BCUT2D eigenvalue weighted by Crippen LogP contribution is -2.57. The highest BCUT2D eigenvalue weighted by Gasteiger charge is 2.30. The Kier molecular flexibility index (Phi) is 10.4. The van der Waals surface area contributed by atoms with Crippen LogP contribution in [0.1, 0.15) is 18.9 Å². The van der Waals surface area contributed by atoms with Crippen molar-refractivity contribution in [1.82, 2.24) is 16.0 Å². The smallest absolute Gasteiger partial charge is 0.326 e. The lowest BCUT2D eigenvalue weighted by atomic mass is 10.0. The van der Waals surface area contributed by atoms with Crippen LogP contribution in [0.25, 0.3) is 0 Å². The van der Waals surface area contributed by atoms with Gasteiger partial charge in [-0.05, 0) is 24.6 Å². The number of carboxylic acid groups (broad SMARTS) is 1. The number of aromatic hydroxyl groups is 1. The average Bonchev–Trinajstić information content (AvgIpc) is 2.72. The highest BCUT2D eigenvalue weighted by molar-refractivity contribution is 7.80. The summed E-state index contributed by atoms with van der Waals surface area (Å²) in [6, 6.07) is 0.783. The molecule has 0 saturated heterocycles. The van der Waals surface area contributed by atoms with Gasteiger partial charge in [-0.15, -0.1) is 0 Å². The van der Waals surface area contributed by atoms with Crippen molar-refractivity contribution in [2.45, 2.75) is 43.9 Å². The van der Waals surface area contributed by atoms with Crippen molar-refractivity contribution in [1.29, 1.82) is 0 Å². The maximum atomic E-state index is 12.6. The molecule has 0 aromatic heterocycles. The van der Waals surface area contributed by atoms with Crippen LogP contribution in [0, 0.1) is 0 Å². The number of hydrogen-bond acceptors (Lipinski definition) is 8. The second-order valence-corrected chi connectivity index (χ2v) is 7.39. The molecule has 0 fully saturated rings. The van der Waals surface area contributed by atoms with Crippen LogP contribution in [0.2, 0.25) is 0 Å². The lowest BCUT2D eigenvalue weighted by Gasteiger charge is -2.23. The van der Waals surface area contributed by atoms with Gasteiger partial charge in [0.25, 0.3) is 0 Å². The molecular weight excluding hydrogens is 442 g/mol. The Morgan fingerprint density at radius 2 is 1.53 bits per heavy atom. The first-order valence-electron chi connectivity index (χ1n) is 9.51. The maximum Gasteiger partial charge on any atom is 0.326 e. The molecule has 32 heavy (non-hydrogen) atoms. The number of rotatable bonds is 12. The molecule has 4 atom stereocenters. The molecule has 9 N–H and O–H groups in total. The first-order valence-corrected chi connectivity index (χ1v) is 10.1. The van der Waals surface area contributed by atoms with Crippen molar-refractivity contribution in [2.75, 3.05) is 5.75 Å². The van der Waals surface area contributed by atoms with E-state index in [4.69, 9.17) is 11.5 Å². The van der Waals surface area contributed by atoms with Gasteiger partial charge in [-0.2, -0.15) is 12.6 Å². The van der Waals surface area contributed by atoms with Crippen LogP contribution < -0.4 is 27.4 Å². The van der Waals surface area contributed by atoms with Crippen molar-refractivity contribution in [3.8, 4) is 5.75 Å². The standard InChI is InChI=1S/C19H27N5O7S/c1-9(22-17(28)12(20)8-32)16(27)23-13(7-15(21)26)18(29)24-14(19(30)31)6-10-2-4-11(25)5-3-10/h2-5,9,12-14,25,32H,6-8,20H2,1H3,(H2,21,26)(H,22,28)(H,23,27)(H,24,29)(H,30,31). The number of aliphatic carboxylic acids is 1. The van der Waals surface area contributed by atoms with Gasteiger partial charge in [0.05, 0.1) is 12.5 Å². The first kappa shape index (κ1) is 26.7. The van der Waals surface area contributed by atoms with Crippen LogP contribution in [0.15, 0.2) is 24.3 Å². The Morgan fingerprint density at radius 3 is 2.03 bits per heavy atom. The zero-order valence-corrected chi connectivity index (χ0v) is 18.2. The zero-order valence-electron chi connectivity index (χ0n) is 17.3. The molecule has 1 rings (SSSR count). The number of thiol groups is 1. The van der Waals surface area contributed by atoms with E-state index >= 15 is 0 Å². The summed E-state index contributed by atoms with van der Waals surface area (Å²) < 4.78 is 0. The van der Waals surface area contributed by atoms with Gasteiger partial charge in [-0.3, -0.25) is 19.2 Å². The predicted molar refractivity (Wildman–Crippen MR) is 117 cm³/mol. The number of carbonyl (C=O) groups is 5. The number of benzene rings is 1. The average molecular weight is 470 g/mol. The number of amides is 4. The Hall–Kier alpha value is -3.32. The van der Waals surface area contributed by atoms with E-state index in [1.165, 1.54) is 31.2 Å². The molecule has 0 radical (unpaired) electrons. The Labute approximate surface area is 189 Å². The topological polar surface area (TPSA) is 214 Å². The third-order valence-corrected chi connectivity index (χ3v) is 4.71. The molecule has 176 valence electrons. The molecule has 0 bridgehead atoms. The number of carboxylic acids is 1. The van der Waals surface area contributed by atoms with Crippen molar-refractivity contribution >= 4 is 42.2 Å². The summed E-state index contributed by atoms with van der Waals surface area (Å²) in [6.07, 6.45) is -0.716. The molecule has 0 saturated carbocycles. The van der Waals surface area contributed by atoms with Crippen molar-refractivity contribution in [3.63, 3.8) is 0 Å². The summed E-state index contributed by atoms with van der Waals surface area (Å²) in [6.45, 7) is 1.34. The normalized spacial score (nSPS) is 14.3. The van der Waals surface area contributed by atoms with E-state index in [1.54, 1.807) is 0 Å². The van der Waals surface area contributed by atoms with E-state index in [1.807, 2.05) is 0 Å². The molecule has 4 amide bonds. The van der Waals surface area contributed by atoms with Gasteiger partial charge in [0.15, 0.2) is 0 Å². The number of hydrogen-bond donors (Lipinski definition) is 8. The van der Waals surface area contributed by atoms with Gasteiger partial charge in [0.2, 0.25) is 23.6 Å². The Balaban J connectivity index is 2.87. The lowest BCUT2D eigenvalue weighted by molar-refractivity contribution is -0.142. The predicted octanol–water partition coefficient (Wildman–Crippen LogP) is -2.37. The van der Waals surface area contributed by atoms with E-state index in [-0.39, 0.29) is 17.9 Å². The second kappa shape index (κ2) is 12.5. The van der Waals surface area contributed by atoms with E-state index in [0.717, 1.165) is 0 Å². The largest absolute Gasteiger partial charge is 0.508 e. The van der Waals surface area contributed by atoms with E-state index in [9.17, 15) is 34.2 Å². The molecule has 1 aromatic rings. The molecule has 0 spiro atoms. The van der Waals surface area contributed by atoms with Gasteiger partial charge in [0.1, 0.15) is 23.9 Å². The van der Waals surface area contributed by atoms with Gasteiger partial charge in [0, 0.05) is 12.2 Å². The number of nitrogens with two attached hydrogens (primary N) is 2. The summed E-state index contributed by atoms with van der Waals surface area (Å²) in [4.78, 5) is 59.7. The minimum absolute atomic E-state index is 0.00886. The van der Waals surface area contributed by atoms with E-state index in [0.29, 0.717) is 5.56 Å². The molecule has 1 aromatic carbocycles. The molecule has 12 nitrogen and oxygen atoms in total. The summed E-state index contributed by atoms with van der Waals surface area (Å²) in [5.41, 5.74) is 11.2. The van der Waals surface area contributed by atoms with E-state index < -0.39 is 60.2 Å². The zero-order chi connectivity index (χ0) is 24.4. The van der Waals surface area contributed by atoms with Crippen LogP contribution in [-0.4, -0.2) is 69.7 Å². The highest BCUT2D eigenvalue weighted by Crippen LogP contribution is 2.11. The Morgan fingerprint density at radius 1 is 0.969 bits per heavy atom. The number of primary amides is 1. The van der Waals surface area contributed by atoms with Crippen LogP contribution >= 0.6 is 12.6 Å². The van der Waals surface area contributed by atoms with Crippen LogP contribution in [0.3, 0.4) is 0 Å². The summed E-state index contributed by atoms with van der Waals surface area (Å²) in [7, 11) is 0. The fourth-order valence-corrected chi connectivity index (χ4v) is 2.68. The SMILES string of the molecule is CC(NC(=O)C(N)CS)C(=O)NC(CC(N)=O)C(=O)NC(Cc1ccc(O)cc1)C(=O)O. The molecule has 4 unspecified atom stereocenters. The van der Waals surface area contributed by atoms with E-state index in [2.05, 4.69) is 28.6 Å². The van der Waals surface area contributed by atoms with Gasteiger partial charge in [-0.25, -0.2) is 4.79 Å². The van der Waals surface area contributed by atoms with Crippen LogP contribution in [-0.2, 0) is 30.4 Å². The van der Waals surface area contributed by atoms with Crippen molar-refractivity contribution in [3.05, 3.63) is 29.8 Å². The van der Waals surface area contributed by atoms with Gasteiger partial charge >= 0.3 is 5.97 Å². The summed E-state index contributed by atoms with van der Waals surface area (Å²) >= 11 is 3.89. The molecule has 0 aliphatic heterocycles. The minimum atomic E-state index is -1.47. The quantitative estimate of drug-likeness (QED) is 0.154.